The van der Waals surface area contributed by atoms with Crippen LogP contribution < -0.4 is 14.8 Å². The van der Waals surface area contributed by atoms with Crippen LogP contribution in [0.1, 0.15) is 37.9 Å². The molecule has 4 rings (SSSR count). The number of hydrogen-bond acceptors (Lipinski definition) is 8. The molecule has 0 aliphatic carbocycles. The molecular formula is C23H23Cl2N5O4. The minimum Gasteiger partial charge on any atom is -0.490 e. The predicted molar refractivity (Wildman–Crippen MR) is 127 cm³/mol. The highest BCUT2D eigenvalue weighted by Gasteiger charge is 2.35. The number of fused-ring (bicyclic) bond motifs is 1. The van der Waals surface area contributed by atoms with E-state index in [4.69, 9.17) is 37.4 Å². The third-order valence-corrected chi connectivity index (χ3v) is 5.91. The molecule has 34 heavy (non-hydrogen) atoms. The van der Waals surface area contributed by atoms with Crippen molar-refractivity contribution in [3.8, 4) is 11.5 Å². The van der Waals surface area contributed by atoms with Crippen LogP contribution in [-0.2, 0) is 16.1 Å². The topological polar surface area (TPSA) is 100 Å². The van der Waals surface area contributed by atoms with Gasteiger partial charge in [-0.15, -0.1) is 0 Å². The van der Waals surface area contributed by atoms with Gasteiger partial charge in [0, 0.05) is 5.70 Å². The van der Waals surface area contributed by atoms with Crippen LogP contribution in [0.4, 0.5) is 5.95 Å². The van der Waals surface area contributed by atoms with Gasteiger partial charge in [0.2, 0.25) is 5.95 Å². The van der Waals surface area contributed by atoms with Crippen LogP contribution in [0.3, 0.4) is 0 Å². The highest BCUT2D eigenvalue weighted by atomic mass is 35.5. The molecule has 1 N–H and O–H groups in total. The summed E-state index contributed by atoms with van der Waals surface area (Å²) in [6, 6.07) is 10.2. The molecule has 1 aliphatic rings. The van der Waals surface area contributed by atoms with Crippen molar-refractivity contribution in [1.29, 1.82) is 0 Å². The quantitative estimate of drug-likeness (QED) is 0.437. The molecule has 2 heterocycles. The molecule has 178 valence electrons. The van der Waals surface area contributed by atoms with E-state index in [1.807, 2.05) is 25.1 Å². The SMILES string of the molecule is CCOC(=O)C1=C(C)Nc2nnnn2C1c1ccc(OCc2ccc(Cl)c(Cl)c2)c(OCC)c1. The second-order valence-corrected chi connectivity index (χ2v) is 8.22. The van der Waals surface area contributed by atoms with Crippen molar-refractivity contribution in [3.05, 3.63) is 68.8 Å². The van der Waals surface area contributed by atoms with Crippen LogP contribution in [0, 0.1) is 0 Å². The van der Waals surface area contributed by atoms with E-state index >= 15 is 0 Å². The first-order chi connectivity index (χ1) is 16.4. The molecule has 0 amide bonds. The molecule has 3 aromatic rings. The number of tetrazole rings is 1. The van der Waals surface area contributed by atoms with E-state index in [1.54, 1.807) is 36.7 Å². The Labute approximate surface area is 206 Å². The summed E-state index contributed by atoms with van der Waals surface area (Å²) in [7, 11) is 0. The maximum absolute atomic E-state index is 12.8. The molecule has 1 aliphatic heterocycles. The molecule has 1 atom stereocenters. The van der Waals surface area contributed by atoms with Gasteiger partial charge in [0.25, 0.3) is 0 Å². The molecule has 9 nitrogen and oxygen atoms in total. The van der Waals surface area contributed by atoms with Crippen LogP contribution in [-0.4, -0.2) is 39.4 Å². The van der Waals surface area contributed by atoms with Crippen LogP contribution in [0.2, 0.25) is 10.0 Å². The van der Waals surface area contributed by atoms with Crippen molar-refractivity contribution in [2.45, 2.75) is 33.4 Å². The number of carbonyl (C=O) groups excluding carboxylic acids is 1. The van der Waals surface area contributed by atoms with Gasteiger partial charge in [0.1, 0.15) is 12.6 Å². The Morgan fingerprint density at radius 1 is 1.06 bits per heavy atom. The van der Waals surface area contributed by atoms with E-state index < -0.39 is 12.0 Å². The minimum atomic E-state index is -0.603. The second kappa shape index (κ2) is 10.3. The van der Waals surface area contributed by atoms with Gasteiger partial charge in [0.05, 0.1) is 28.8 Å². The first kappa shape index (κ1) is 23.8. The van der Waals surface area contributed by atoms with Crippen molar-refractivity contribution in [2.75, 3.05) is 18.5 Å². The number of halogens is 2. The van der Waals surface area contributed by atoms with Crippen LogP contribution in [0.15, 0.2) is 47.7 Å². The Morgan fingerprint density at radius 2 is 1.88 bits per heavy atom. The Balaban J connectivity index is 1.69. The number of aromatic nitrogens is 4. The monoisotopic (exact) mass is 503 g/mol. The summed E-state index contributed by atoms with van der Waals surface area (Å²) in [4.78, 5) is 12.8. The van der Waals surface area contributed by atoms with Crippen molar-refractivity contribution in [3.63, 3.8) is 0 Å². The fourth-order valence-electron chi connectivity index (χ4n) is 3.67. The van der Waals surface area contributed by atoms with Crippen LogP contribution >= 0.6 is 23.2 Å². The molecule has 0 saturated carbocycles. The van der Waals surface area contributed by atoms with Gasteiger partial charge in [-0.25, -0.2) is 4.79 Å². The summed E-state index contributed by atoms with van der Waals surface area (Å²) in [6.07, 6.45) is 0. The summed E-state index contributed by atoms with van der Waals surface area (Å²) in [6.45, 7) is 6.37. The number of rotatable bonds is 8. The first-order valence-corrected chi connectivity index (χ1v) is 11.4. The Morgan fingerprint density at radius 3 is 2.62 bits per heavy atom. The summed E-state index contributed by atoms with van der Waals surface area (Å²) in [5.41, 5.74) is 2.63. The van der Waals surface area contributed by atoms with E-state index in [-0.39, 0.29) is 13.2 Å². The lowest BCUT2D eigenvalue weighted by atomic mass is 9.95. The van der Waals surface area contributed by atoms with Gasteiger partial charge >= 0.3 is 5.97 Å². The normalized spacial score (nSPS) is 14.9. The van der Waals surface area contributed by atoms with E-state index in [9.17, 15) is 4.79 Å². The number of carbonyl (C=O) groups is 1. The van der Waals surface area contributed by atoms with E-state index in [2.05, 4.69) is 20.8 Å². The van der Waals surface area contributed by atoms with Crippen molar-refractivity contribution >= 4 is 35.1 Å². The fourth-order valence-corrected chi connectivity index (χ4v) is 3.99. The highest BCUT2D eigenvalue weighted by molar-refractivity contribution is 6.42. The largest absolute Gasteiger partial charge is 0.490 e. The summed E-state index contributed by atoms with van der Waals surface area (Å²) in [5, 5.41) is 15.8. The maximum Gasteiger partial charge on any atom is 0.338 e. The van der Waals surface area contributed by atoms with Crippen LogP contribution in [0.25, 0.3) is 0 Å². The summed E-state index contributed by atoms with van der Waals surface area (Å²) < 4.78 is 18.7. The van der Waals surface area contributed by atoms with Gasteiger partial charge in [-0.1, -0.05) is 40.4 Å². The molecule has 0 radical (unpaired) electrons. The lowest BCUT2D eigenvalue weighted by molar-refractivity contribution is -0.139. The average molecular weight is 504 g/mol. The smallest absolute Gasteiger partial charge is 0.338 e. The Kier molecular flexibility index (Phi) is 7.23. The number of anilines is 1. The minimum absolute atomic E-state index is 0.247. The van der Waals surface area contributed by atoms with Crippen molar-refractivity contribution < 1.29 is 19.0 Å². The number of esters is 1. The second-order valence-electron chi connectivity index (χ2n) is 7.41. The first-order valence-electron chi connectivity index (χ1n) is 10.7. The third kappa shape index (κ3) is 4.80. The van der Waals surface area contributed by atoms with Crippen molar-refractivity contribution in [1.82, 2.24) is 20.2 Å². The Bertz CT molecular complexity index is 1240. The average Bonchev–Trinajstić information content (AvgIpc) is 3.28. The number of nitrogens with zero attached hydrogens (tertiary/aromatic N) is 4. The van der Waals surface area contributed by atoms with Crippen molar-refractivity contribution in [2.24, 2.45) is 0 Å². The number of nitrogens with one attached hydrogen (secondary N) is 1. The van der Waals surface area contributed by atoms with Gasteiger partial charge in [-0.2, -0.15) is 4.68 Å². The molecule has 0 spiro atoms. The molecule has 0 saturated heterocycles. The van der Waals surface area contributed by atoms with E-state index in [0.29, 0.717) is 45.4 Å². The number of benzene rings is 2. The van der Waals surface area contributed by atoms with Gasteiger partial charge in [-0.05, 0) is 66.6 Å². The molecule has 2 aromatic carbocycles. The standard InChI is InChI=1S/C23H23Cl2N5O4/c1-4-32-19-11-15(7-9-18(19)34-12-14-6-8-16(24)17(25)10-14)21-20(22(31)33-5-2)13(3)26-23-27-28-29-30(21)23/h6-11,21H,4-5,12H2,1-3H3,(H,26,27,29). The summed E-state index contributed by atoms with van der Waals surface area (Å²) >= 11 is 12.1. The predicted octanol–water partition coefficient (Wildman–Crippen LogP) is 4.81. The van der Waals surface area contributed by atoms with Gasteiger partial charge < -0.3 is 19.5 Å². The fraction of sp³-hybridized carbons (Fsp3) is 0.304. The lowest BCUT2D eigenvalue weighted by Crippen LogP contribution is -2.29. The summed E-state index contributed by atoms with van der Waals surface area (Å²) in [5.74, 6) is 1.04. The zero-order chi connectivity index (χ0) is 24.2. The molecular weight excluding hydrogens is 481 g/mol. The lowest BCUT2D eigenvalue weighted by Gasteiger charge is -2.27. The number of ether oxygens (including phenoxy) is 3. The van der Waals surface area contributed by atoms with Gasteiger partial charge in [0.15, 0.2) is 11.5 Å². The number of hydrogen-bond donors (Lipinski definition) is 1. The molecule has 0 bridgehead atoms. The Hall–Kier alpha value is -3.30. The van der Waals surface area contributed by atoms with Gasteiger partial charge in [-0.3, -0.25) is 0 Å². The van der Waals surface area contributed by atoms with Crippen LogP contribution in [0.5, 0.6) is 11.5 Å². The molecule has 1 aromatic heterocycles. The van der Waals surface area contributed by atoms with E-state index in [1.165, 1.54) is 0 Å². The maximum atomic E-state index is 12.8. The molecule has 11 heteroatoms. The zero-order valence-corrected chi connectivity index (χ0v) is 20.4. The molecule has 1 unspecified atom stereocenters. The number of allylic oxidation sites excluding steroid dienone is 1. The highest BCUT2D eigenvalue weighted by Crippen LogP contribution is 2.39. The van der Waals surface area contributed by atoms with E-state index in [0.717, 1.165) is 11.1 Å². The molecule has 0 fully saturated rings. The third-order valence-electron chi connectivity index (χ3n) is 5.17. The zero-order valence-electron chi connectivity index (χ0n) is 18.8.